The summed E-state index contributed by atoms with van der Waals surface area (Å²) in [6, 6.07) is 5.11. The Labute approximate surface area is 135 Å². The first kappa shape index (κ1) is 15.6. The molecule has 1 aromatic carbocycles. The van der Waals surface area contributed by atoms with Gasteiger partial charge in [-0.1, -0.05) is 6.92 Å². The third kappa shape index (κ3) is 3.56. The van der Waals surface area contributed by atoms with Gasteiger partial charge in [-0.25, -0.2) is 0 Å². The molecule has 0 bridgehead atoms. The van der Waals surface area contributed by atoms with Gasteiger partial charge in [0.15, 0.2) is 11.5 Å². The second kappa shape index (κ2) is 6.87. The van der Waals surface area contributed by atoms with Crippen molar-refractivity contribution < 1.29 is 19.1 Å². The van der Waals surface area contributed by atoms with E-state index in [9.17, 15) is 9.59 Å². The average Bonchev–Trinajstić information content (AvgIpc) is 2.61. The molecule has 0 unspecified atom stereocenters. The first-order valence-electron chi connectivity index (χ1n) is 7.89. The molecule has 0 saturated carbocycles. The maximum atomic E-state index is 12.2. The molecule has 2 aliphatic heterocycles. The van der Waals surface area contributed by atoms with Gasteiger partial charge in [0.25, 0.3) is 0 Å². The van der Waals surface area contributed by atoms with Gasteiger partial charge in [0, 0.05) is 37.9 Å². The Morgan fingerprint density at radius 1 is 1.09 bits per heavy atom. The zero-order valence-corrected chi connectivity index (χ0v) is 13.2. The van der Waals surface area contributed by atoms with Crippen LogP contribution in [-0.4, -0.2) is 67.6 Å². The number of amides is 2. The summed E-state index contributed by atoms with van der Waals surface area (Å²) < 4.78 is 10.9. The predicted molar refractivity (Wildman–Crippen MR) is 84.8 cm³/mol. The molecule has 0 radical (unpaired) electrons. The van der Waals surface area contributed by atoms with Crippen LogP contribution in [-0.2, 0) is 9.59 Å². The quantitative estimate of drug-likeness (QED) is 0.807. The fourth-order valence-electron chi connectivity index (χ4n) is 2.72. The second-order valence-electron chi connectivity index (χ2n) is 5.54. The lowest BCUT2D eigenvalue weighted by atomic mass is 10.2. The highest BCUT2D eigenvalue weighted by atomic mass is 16.6. The Bertz CT molecular complexity index is 597. The minimum absolute atomic E-state index is 0.477. The lowest BCUT2D eigenvalue weighted by Gasteiger charge is -2.33. The minimum Gasteiger partial charge on any atom is -0.486 e. The van der Waals surface area contributed by atoms with Crippen LogP contribution < -0.4 is 14.8 Å². The zero-order chi connectivity index (χ0) is 16.2. The van der Waals surface area contributed by atoms with E-state index >= 15 is 0 Å². The van der Waals surface area contributed by atoms with Crippen LogP contribution in [0.25, 0.3) is 0 Å². The van der Waals surface area contributed by atoms with Gasteiger partial charge < -0.3 is 24.6 Å². The lowest BCUT2D eigenvalue weighted by molar-refractivity contribution is -0.144. The van der Waals surface area contributed by atoms with Gasteiger partial charge in [-0.2, -0.15) is 0 Å². The van der Waals surface area contributed by atoms with E-state index in [0.717, 1.165) is 19.6 Å². The standard InChI is InChI=1S/C16H21N3O4/c1-2-18-5-7-19(8-6-18)16(21)15(20)17-12-3-4-13-14(11-12)23-10-9-22-13/h3-4,11H,2,5-10H2,1H3,(H,17,20). The van der Waals surface area contributed by atoms with Crippen LogP contribution >= 0.6 is 0 Å². The smallest absolute Gasteiger partial charge is 0.313 e. The highest BCUT2D eigenvalue weighted by Gasteiger charge is 2.25. The summed E-state index contributed by atoms with van der Waals surface area (Å²) in [5, 5.41) is 2.64. The molecule has 2 heterocycles. The molecule has 23 heavy (non-hydrogen) atoms. The number of piperazine rings is 1. The van der Waals surface area contributed by atoms with Gasteiger partial charge in [-0.3, -0.25) is 9.59 Å². The summed E-state index contributed by atoms with van der Waals surface area (Å²) in [5.41, 5.74) is 0.528. The molecule has 7 heteroatoms. The summed E-state index contributed by atoms with van der Waals surface area (Å²) in [7, 11) is 0. The number of nitrogens with zero attached hydrogens (tertiary/aromatic N) is 2. The van der Waals surface area contributed by atoms with E-state index in [4.69, 9.17) is 9.47 Å². The molecule has 2 amide bonds. The highest BCUT2D eigenvalue weighted by molar-refractivity contribution is 6.39. The average molecular weight is 319 g/mol. The summed E-state index contributed by atoms with van der Waals surface area (Å²) in [4.78, 5) is 28.2. The zero-order valence-electron chi connectivity index (χ0n) is 13.2. The maximum absolute atomic E-state index is 12.2. The molecule has 1 saturated heterocycles. The topological polar surface area (TPSA) is 71.1 Å². The number of fused-ring (bicyclic) bond motifs is 1. The molecule has 1 N–H and O–H groups in total. The van der Waals surface area contributed by atoms with Crippen molar-refractivity contribution >= 4 is 17.5 Å². The predicted octanol–water partition coefficient (Wildman–Crippen LogP) is 0.560. The number of carbonyl (C=O) groups is 2. The molecular weight excluding hydrogens is 298 g/mol. The van der Waals surface area contributed by atoms with Gasteiger partial charge in [-0.15, -0.1) is 0 Å². The SMILES string of the molecule is CCN1CCN(C(=O)C(=O)Nc2ccc3c(c2)OCCO3)CC1. The number of anilines is 1. The largest absolute Gasteiger partial charge is 0.486 e. The Hall–Kier alpha value is -2.28. The van der Waals surface area contributed by atoms with E-state index < -0.39 is 11.8 Å². The molecule has 2 aliphatic rings. The van der Waals surface area contributed by atoms with Gasteiger partial charge in [0.05, 0.1) is 0 Å². The Kier molecular flexibility index (Phi) is 4.66. The molecule has 3 rings (SSSR count). The number of ether oxygens (including phenoxy) is 2. The number of benzene rings is 1. The van der Waals surface area contributed by atoms with E-state index in [2.05, 4.69) is 17.1 Å². The fourth-order valence-corrected chi connectivity index (χ4v) is 2.72. The minimum atomic E-state index is -0.619. The summed E-state index contributed by atoms with van der Waals surface area (Å²) in [5.74, 6) is 0.122. The van der Waals surface area contributed by atoms with Crippen molar-refractivity contribution in [2.45, 2.75) is 6.92 Å². The van der Waals surface area contributed by atoms with Crippen molar-refractivity contribution in [3.63, 3.8) is 0 Å². The number of hydrogen-bond acceptors (Lipinski definition) is 5. The van der Waals surface area contributed by atoms with Crippen LogP contribution in [0, 0.1) is 0 Å². The number of nitrogens with one attached hydrogen (secondary N) is 1. The summed E-state index contributed by atoms with van der Waals surface area (Å²) in [6.07, 6.45) is 0. The van der Waals surface area contributed by atoms with E-state index in [-0.39, 0.29) is 0 Å². The van der Waals surface area contributed by atoms with Crippen LogP contribution in [0.1, 0.15) is 6.92 Å². The molecule has 1 fully saturated rings. The lowest BCUT2D eigenvalue weighted by Crippen LogP contribution is -2.51. The Morgan fingerprint density at radius 3 is 2.48 bits per heavy atom. The molecule has 124 valence electrons. The van der Waals surface area contributed by atoms with Crippen molar-refractivity contribution in [1.82, 2.24) is 9.80 Å². The Morgan fingerprint density at radius 2 is 1.78 bits per heavy atom. The normalized spacial score (nSPS) is 17.7. The molecule has 0 aliphatic carbocycles. The fraction of sp³-hybridized carbons (Fsp3) is 0.500. The molecule has 7 nitrogen and oxygen atoms in total. The molecule has 1 aromatic rings. The maximum Gasteiger partial charge on any atom is 0.313 e. The highest BCUT2D eigenvalue weighted by Crippen LogP contribution is 2.32. The van der Waals surface area contributed by atoms with E-state index in [1.165, 1.54) is 0 Å². The van der Waals surface area contributed by atoms with Gasteiger partial charge in [-0.05, 0) is 18.7 Å². The van der Waals surface area contributed by atoms with Crippen LogP contribution in [0.15, 0.2) is 18.2 Å². The summed E-state index contributed by atoms with van der Waals surface area (Å²) in [6.45, 7) is 6.82. The first-order chi connectivity index (χ1) is 11.2. The van der Waals surface area contributed by atoms with Crippen molar-refractivity contribution in [2.24, 2.45) is 0 Å². The van der Waals surface area contributed by atoms with Crippen molar-refractivity contribution in [3.8, 4) is 11.5 Å². The van der Waals surface area contributed by atoms with Gasteiger partial charge in [0.1, 0.15) is 13.2 Å². The van der Waals surface area contributed by atoms with Crippen molar-refractivity contribution in [1.29, 1.82) is 0 Å². The van der Waals surface area contributed by atoms with E-state index in [1.807, 2.05) is 0 Å². The molecule has 0 atom stereocenters. The first-order valence-corrected chi connectivity index (χ1v) is 7.89. The van der Waals surface area contributed by atoms with Crippen LogP contribution in [0.2, 0.25) is 0 Å². The summed E-state index contributed by atoms with van der Waals surface area (Å²) >= 11 is 0. The van der Waals surface area contributed by atoms with Gasteiger partial charge in [0.2, 0.25) is 0 Å². The van der Waals surface area contributed by atoms with Crippen LogP contribution in [0.3, 0.4) is 0 Å². The van der Waals surface area contributed by atoms with Crippen molar-refractivity contribution in [3.05, 3.63) is 18.2 Å². The Balaban J connectivity index is 1.59. The third-order valence-corrected chi connectivity index (χ3v) is 4.10. The van der Waals surface area contributed by atoms with Crippen molar-refractivity contribution in [2.75, 3.05) is 51.3 Å². The third-order valence-electron chi connectivity index (χ3n) is 4.10. The molecule has 0 spiro atoms. The van der Waals surface area contributed by atoms with E-state index in [1.54, 1.807) is 23.1 Å². The number of carbonyl (C=O) groups excluding carboxylic acids is 2. The van der Waals surface area contributed by atoms with Crippen LogP contribution in [0.5, 0.6) is 11.5 Å². The number of likely N-dealkylation sites (N-methyl/N-ethyl adjacent to an activating group) is 1. The number of hydrogen-bond donors (Lipinski definition) is 1. The van der Waals surface area contributed by atoms with Gasteiger partial charge >= 0.3 is 11.8 Å². The number of rotatable bonds is 2. The monoisotopic (exact) mass is 319 g/mol. The van der Waals surface area contributed by atoms with E-state index in [0.29, 0.717) is 43.5 Å². The molecular formula is C16H21N3O4. The second-order valence-corrected chi connectivity index (χ2v) is 5.54. The molecule has 0 aromatic heterocycles. The van der Waals surface area contributed by atoms with Crippen LogP contribution in [0.4, 0.5) is 5.69 Å².